The molecular weight excluding hydrogens is 342 g/mol. The van der Waals surface area contributed by atoms with Crippen molar-refractivity contribution in [2.45, 2.75) is 30.8 Å². The van der Waals surface area contributed by atoms with E-state index in [1.54, 1.807) is 26.2 Å². The predicted octanol–water partition coefficient (Wildman–Crippen LogP) is -0.134. The second kappa shape index (κ2) is 7.83. The van der Waals surface area contributed by atoms with Crippen LogP contribution in [0.3, 0.4) is 0 Å². The number of carbonyl (C=O) groups excluding carboxylic acids is 1. The molecule has 25 heavy (non-hydrogen) atoms. The fourth-order valence-electron chi connectivity index (χ4n) is 2.12. The highest BCUT2D eigenvalue weighted by Crippen LogP contribution is 2.28. The topological polar surface area (TPSA) is 117 Å². The van der Waals surface area contributed by atoms with Crippen LogP contribution in [0.5, 0.6) is 0 Å². The van der Waals surface area contributed by atoms with Gasteiger partial charge < -0.3 is 15.5 Å². The summed E-state index contributed by atoms with van der Waals surface area (Å²) in [5.74, 6) is 1.11. The zero-order valence-corrected chi connectivity index (χ0v) is 15.5. The molecule has 138 valence electrons. The van der Waals surface area contributed by atoms with E-state index in [9.17, 15) is 13.2 Å². The molecule has 8 nitrogen and oxygen atoms in total. The summed E-state index contributed by atoms with van der Waals surface area (Å²) < 4.78 is 22.5. The standard InChI is InChI=1S/C16H25N5O3S/c1-11-8-14(11)20-16(19-10-15(22)21(2)3)18-9-12-4-6-13(7-5-12)25(17,23)24/h4-7,11,14H,8-10H2,1-3H3,(H2,17,23,24)(H2,18,19,20). The molecule has 1 fully saturated rings. The highest BCUT2D eigenvalue weighted by atomic mass is 32.2. The molecule has 0 heterocycles. The van der Waals surface area contributed by atoms with Gasteiger partial charge in [0, 0.05) is 20.1 Å². The number of rotatable bonds is 6. The number of carbonyl (C=O) groups is 1. The summed E-state index contributed by atoms with van der Waals surface area (Å²) in [5.41, 5.74) is 0.844. The van der Waals surface area contributed by atoms with Gasteiger partial charge in [-0.1, -0.05) is 19.1 Å². The average Bonchev–Trinajstić information content (AvgIpc) is 3.24. The number of nitrogens with zero attached hydrogens (tertiary/aromatic N) is 2. The van der Waals surface area contributed by atoms with Crippen LogP contribution >= 0.6 is 0 Å². The Morgan fingerprint density at radius 3 is 2.40 bits per heavy atom. The number of nitrogens with one attached hydrogen (secondary N) is 2. The first-order chi connectivity index (χ1) is 11.7. The maximum atomic E-state index is 11.7. The molecule has 1 saturated carbocycles. The summed E-state index contributed by atoms with van der Waals surface area (Å²) in [6, 6.07) is 6.63. The molecule has 2 unspecified atom stereocenters. The highest BCUT2D eigenvalue weighted by Gasteiger charge is 2.33. The minimum absolute atomic E-state index is 0.0455. The molecule has 2 atom stereocenters. The van der Waals surface area contributed by atoms with Crippen LogP contribution < -0.4 is 15.8 Å². The average molecular weight is 367 g/mol. The third-order valence-corrected chi connectivity index (χ3v) is 4.94. The lowest BCUT2D eigenvalue weighted by molar-refractivity contribution is -0.127. The molecule has 4 N–H and O–H groups in total. The van der Waals surface area contributed by atoms with Gasteiger partial charge in [0.05, 0.1) is 18.0 Å². The van der Waals surface area contributed by atoms with E-state index in [-0.39, 0.29) is 17.3 Å². The molecule has 1 aromatic carbocycles. The second-order valence-corrected chi connectivity index (χ2v) is 8.02. The normalized spacial score (nSPS) is 20.1. The molecular formula is C16H25N5O3S. The van der Waals surface area contributed by atoms with Crippen molar-refractivity contribution in [2.24, 2.45) is 16.0 Å². The molecule has 0 aliphatic heterocycles. The van der Waals surface area contributed by atoms with Crippen LogP contribution in [0, 0.1) is 5.92 Å². The summed E-state index contributed by atoms with van der Waals surface area (Å²) in [5, 5.41) is 11.4. The zero-order valence-electron chi connectivity index (χ0n) is 14.7. The van der Waals surface area contributed by atoms with Crippen molar-refractivity contribution in [1.82, 2.24) is 15.5 Å². The largest absolute Gasteiger partial charge is 0.353 e. The van der Waals surface area contributed by atoms with E-state index in [0.29, 0.717) is 24.5 Å². The van der Waals surface area contributed by atoms with E-state index in [0.717, 1.165) is 12.0 Å². The molecule has 9 heteroatoms. The third kappa shape index (κ3) is 6.02. The molecule has 0 aromatic heterocycles. The van der Waals surface area contributed by atoms with E-state index >= 15 is 0 Å². The predicted molar refractivity (Wildman–Crippen MR) is 96.4 cm³/mol. The number of benzene rings is 1. The molecule has 0 bridgehead atoms. The van der Waals surface area contributed by atoms with Crippen molar-refractivity contribution < 1.29 is 13.2 Å². The van der Waals surface area contributed by atoms with E-state index in [2.05, 4.69) is 22.5 Å². The van der Waals surface area contributed by atoms with Crippen LogP contribution in [0.4, 0.5) is 0 Å². The summed E-state index contributed by atoms with van der Waals surface area (Å²) in [6.07, 6.45) is 1.07. The van der Waals surface area contributed by atoms with Crippen LogP contribution in [0.1, 0.15) is 18.9 Å². The Bertz CT molecular complexity index is 744. The Morgan fingerprint density at radius 2 is 1.92 bits per heavy atom. The van der Waals surface area contributed by atoms with E-state index in [4.69, 9.17) is 5.14 Å². The van der Waals surface area contributed by atoms with Gasteiger partial charge in [-0.2, -0.15) is 0 Å². The van der Waals surface area contributed by atoms with E-state index in [1.165, 1.54) is 17.0 Å². The number of aliphatic imine (C=N–C) groups is 1. The number of primary sulfonamides is 1. The van der Waals surface area contributed by atoms with Crippen LogP contribution in [0.15, 0.2) is 34.2 Å². The highest BCUT2D eigenvalue weighted by molar-refractivity contribution is 7.89. The smallest absolute Gasteiger partial charge is 0.241 e. The van der Waals surface area contributed by atoms with Gasteiger partial charge in [-0.15, -0.1) is 0 Å². The van der Waals surface area contributed by atoms with E-state index < -0.39 is 10.0 Å². The van der Waals surface area contributed by atoms with Gasteiger partial charge in [-0.3, -0.25) is 4.79 Å². The fraction of sp³-hybridized carbons (Fsp3) is 0.500. The fourth-order valence-corrected chi connectivity index (χ4v) is 2.64. The monoisotopic (exact) mass is 367 g/mol. The molecule has 1 aromatic rings. The number of hydrogen-bond donors (Lipinski definition) is 3. The van der Waals surface area contributed by atoms with Gasteiger partial charge in [0.2, 0.25) is 15.9 Å². The Morgan fingerprint density at radius 1 is 1.32 bits per heavy atom. The first-order valence-electron chi connectivity index (χ1n) is 8.03. The van der Waals surface area contributed by atoms with Crippen molar-refractivity contribution in [3.63, 3.8) is 0 Å². The second-order valence-electron chi connectivity index (χ2n) is 6.46. The SMILES string of the molecule is CC1CC1NC(=NCc1ccc(S(N)(=O)=O)cc1)NCC(=O)N(C)C. The quantitative estimate of drug-likeness (QED) is 0.478. The summed E-state index contributed by atoms with van der Waals surface area (Å²) in [6.45, 7) is 2.66. The maximum absolute atomic E-state index is 11.7. The molecule has 1 amide bonds. The summed E-state index contributed by atoms with van der Waals surface area (Å²) >= 11 is 0. The Hall–Kier alpha value is -2.13. The van der Waals surface area contributed by atoms with Gasteiger partial charge in [0.25, 0.3) is 0 Å². The lowest BCUT2D eigenvalue weighted by atomic mass is 10.2. The van der Waals surface area contributed by atoms with Crippen molar-refractivity contribution in [3.8, 4) is 0 Å². The van der Waals surface area contributed by atoms with Gasteiger partial charge >= 0.3 is 0 Å². The molecule has 1 aliphatic carbocycles. The van der Waals surface area contributed by atoms with Gasteiger partial charge in [-0.05, 0) is 30.0 Å². The van der Waals surface area contributed by atoms with Crippen LogP contribution in [0.2, 0.25) is 0 Å². The number of amides is 1. The summed E-state index contributed by atoms with van der Waals surface area (Å²) in [7, 11) is -0.296. The van der Waals surface area contributed by atoms with Gasteiger partial charge in [-0.25, -0.2) is 18.5 Å². The Balaban J connectivity index is 2.01. The molecule has 1 aliphatic rings. The first-order valence-corrected chi connectivity index (χ1v) is 9.58. The van der Waals surface area contributed by atoms with Crippen molar-refractivity contribution in [3.05, 3.63) is 29.8 Å². The number of likely N-dealkylation sites (N-methyl/N-ethyl adjacent to an activating group) is 1. The van der Waals surface area contributed by atoms with E-state index in [1.807, 2.05) is 0 Å². The van der Waals surface area contributed by atoms with Gasteiger partial charge in [0.15, 0.2) is 5.96 Å². The van der Waals surface area contributed by atoms with Crippen molar-refractivity contribution in [2.75, 3.05) is 20.6 Å². The minimum atomic E-state index is -3.69. The molecule has 0 saturated heterocycles. The number of hydrogen-bond acceptors (Lipinski definition) is 4. The number of nitrogens with two attached hydrogens (primary N) is 1. The van der Waals surface area contributed by atoms with Crippen molar-refractivity contribution in [1.29, 1.82) is 0 Å². The lowest BCUT2D eigenvalue weighted by Crippen LogP contribution is -2.44. The lowest BCUT2D eigenvalue weighted by Gasteiger charge is -2.15. The maximum Gasteiger partial charge on any atom is 0.241 e. The molecule has 0 spiro atoms. The number of sulfonamides is 1. The van der Waals surface area contributed by atoms with Crippen LogP contribution in [-0.4, -0.2) is 51.9 Å². The summed E-state index contributed by atoms with van der Waals surface area (Å²) in [4.78, 5) is 17.8. The first kappa shape index (κ1) is 19.2. The minimum Gasteiger partial charge on any atom is -0.353 e. The molecule has 0 radical (unpaired) electrons. The van der Waals surface area contributed by atoms with Gasteiger partial charge in [0.1, 0.15) is 0 Å². The van der Waals surface area contributed by atoms with Crippen molar-refractivity contribution >= 4 is 21.9 Å². The van der Waals surface area contributed by atoms with Crippen LogP contribution in [0.25, 0.3) is 0 Å². The zero-order chi connectivity index (χ0) is 18.6. The molecule has 2 rings (SSSR count). The van der Waals surface area contributed by atoms with Crippen LogP contribution in [-0.2, 0) is 21.4 Å². The Labute approximate surface area is 148 Å². The Kier molecular flexibility index (Phi) is 6.02. The third-order valence-electron chi connectivity index (χ3n) is 4.01. The number of guanidine groups is 1.